The number of unbranched alkanes of at least 4 members (excludes halogenated alkanes) is 1. The second-order valence-corrected chi connectivity index (χ2v) is 10.7. The van der Waals surface area contributed by atoms with Gasteiger partial charge < -0.3 is 20.8 Å². The monoisotopic (exact) mass is 552 g/mol. The molecule has 4 atom stereocenters. The SMILES string of the molecule is CCCC[C@H](NC(=O)[C@H](CCC(C)O)NC(=O)c1cnc(-c2cc(F)cc(F)c2)s1)C(O)c1nccs1. The van der Waals surface area contributed by atoms with Crippen LogP contribution in [-0.2, 0) is 4.79 Å². The van der Waals surface area contributed by atoms with Crippen LogP contribution in [0.25, 0.3) is 10.6 Å². The Labute approximate surface area is 221 Å². The maximum atomic E-state index is 13.6. The number of aromatic nitrogens is 2. The summed E-state index contributed by atoms with van der Waals surface area (Å²) in [7, 11) is 0. The molecule has 8 nitrogen and oxygen atoms in total. The van der Waals surface area contributed by atoms with Crippen molar-refractivity contribution in [2.75, 3.05) is 0 Å². The lowest BCUT2D eigenvalue weighted by Crippen LogP contribution is -2.51. The summed E-state index contributed by atoms with van der Waals surface area (Å²) < 4.78 is 27.2. The van der Waals surface area contributed by atoms with E-state index in [4.69, 9.17) is 0 Å². The highest BCUT2D eigenvalue weighted by Crippen LogP contribution is 2.27. The number of halogens is 2. The first kappa shape index (κ1) is 28.8. The van der Waals surface area contributed by atoms with Gasteiger partial charge in [0.25, 0.3) is 5.91 Å². The molecule has 0 saturated heterocycles. The van der Waals surface area contributed by atoms with Crippen LogP contribution in [0.5, 0.6) is 0 Å². The summed E-state index contributed by atoms with van der Waals surface area (Å²) in [6, 6.07) is 1.38. The first-order chi connectivity index (χ1) is 17.7. The Bertz CT molecular complexity index is 1150. The number of benzene rings is 1. The number of thiazole rings is 2. The van der Waals surface area contributed by atoms with Gasteiger partial charge in [0.1, 0.15) is 38.7 Å². The van der Waals surface area contributed by atoms with Gasteiger partial charge in [0.15, 0.2) is 0 Å². The van der Waals surface area contributed by atoms with Crippen LogP contribution in [0.4, 0.5) is 8.78 Å². The quantitative estimate of drug-likeness (QED) is 0.252. The molecule has 0 aliphatic rings. The number of amides is 2. The maximum absolute atomic E-state index is 13.6. The normalized spacial score (nSPS) is 14.5. The van der Waals surface area contributed by atoms with Gasteiger partial charge in [-0.25, -0.2) is 18.7 Å². The predicted molar refractivity (Wildman–Crippen MR) is 138 cm³/mol. The van der Waals surface area contributed by atoms with Gasteiger partial charge in [-0.05, 0) is 38.3 Å². The average Bonchev–Trinajstić information content (AvgIpc) is 3.55. The van der Waals surface area contributed by atoms with Crippen molar-refractivity contribution in [3.8, 4) is 10.6 Å². The van der Waals surface area contributed by atoms with Crippen molar-refractivity contribution >= 4 is 34.5 Å². The van der Waals surface area contributed by atoms with Crippen LogP contribution in [0.2, 0.25) is 0 Å². The highest BCUT2D eigenvalue weighted by molar-refractivity contribution is 7.16. The summed E-state index contributed by atoms with van der Waals surface area (Å²) in [5.41, 5.74) is 0.194. The van der Waals surface area contributed by atoms with E-state index < -0.39 is 47.7 Å². The van der Waals surface area contributed by atoms with E-state index >= 15 is 0 Å². The molecule has 0 saturated carbocycles. The number of aliphatic hydroxyl groups is 2. The fourth-order valence-electron chi connectivity index (χ4n) is 3.66. The van der Waals surface area contributed by atoms with Crippen molar-refractivity contribution in [3.63, 3.8) is 0 Å². The largest absolute Gasteiger partial charge is 0.393 e. The molecular formula is C25H30F2N4O4S2. The van der Waals surface area contributed by atoms with E-state index in [-0.39, 0.29) is 28.3 Å². The highest BCUT2D eigenvalue weighted by atomic mass is 32.1. The summed E-state index contributed by atoms with van der Waals surface area (Å²) in [5, 5.41) is 28.6. The number of hydrogen-bond acceptors (Lipinski definition) is 8. The van der Waals surface area contributed by atoms with Crippen LogP contribution in [-0.4, -0.2) is 50.2 Å². The number of hydrogen-bond donors (Lipinski definition) is 4. The van der Waals surface area contributed by atoms with Crippen LogP contribution in [0.1, 0.15) is 66.7 Å². The van der Waals surface area contributed by atoms with Crippen LogP contribution >= 0.6 is 22.7 Å². The molecule has 0 fully saturated rings. The van der Waals surface area contributed by atoms with Gasteiger partial charge in [-0.1, -0.05) is 19.8 Å². The minimum Gasteiger partial charge on any atom is -0.393 e. The van der Waals surface area contributed by atoms with Crippen LogP contribution in [0, 0.1) is 11.6 Å². The predicted octanol–water partition coefficient (Wildman–Crippen LogP) is 4.21. The standard InChI is InChI=1S/C25H30F2N4O4S2/c1-3-4-5-18(21(33)25-28-8-9-36-25)30-22(34)19(7-6-14(2)32)31-23(35)20-13-29-24(37-20)15-10-16(26)12-17(27)11-15/h8-14,18-19,21,32-33H,3-7H2,1-2H3,(H,30,34)(H,31,35)/t14?,18-,19-,21?/m0/s1. The van der Waals surface area contributed by atoms with Crippen molar-refractivity contribution in [3.05, 3.63) is 57.5 Å². The van der Waals surface area contributed by atoms with E-state index in [1.807, 2.05) is 6.92 Å². The molecule has 37 heavy (non-hydrogen) atoms. The molecule has 0 bridgehead atoms. The number of carbonyl (C=O) groups excluding carboxylic acids is 2. The zero-order valence-corrected chi connectivity index (χ0v) is 22.1. The molecule has 2 aromatic heterocycles. The fourth-order valence-corrected chi connectivity index (χ4v) is 5.16. The molecular weight excluding hydrogens is 522 g/mol. The van der Waals surface area contributed by atoms with E-state index in [1.165, 1.54) is 17.5 Å². The average molecular weight is 553 g/mol. The Morgan fingerprint density at radius 1 is 1.05 bits per heavy atom. The Morgan fingerprint density at radius 3 is 2.41 bits per heavy atom. The Balaban J connectivity index is 1.75. The summed E-state index contributed by atoms with van der Waals surface area (Å²) in [4.78, 5) is 34.6. The van der Waals surface area contributed by atoms with Gasteiger partial charge in [-0.3, -0.25) is 9.59 Å². The number of nitrogens with one attached hydrogen (secondary N) is 2. The second kappa shape index (κ2) is 13.7. The van der Waals surface area contributed by atoms with Crippen LogP contribution < -0.4 is 10.6 Å². The van der Waals surface area contributed by atoms with Crippen molar-refractivity contribution in [2.45, 2.75) is 70.2 Å². The molecule has 200 valence electrons. The van der Waals surface area contributed by atoms with Gasteiger partial charge in [-0.15, -0.1) is 22.7 Å². The molecule has 2 heterocycles. The maximum Gasteiger partial charge on any atom is 0.263 e. The van der Waals surface area contributed by atoms with E-state index in [1.54, 1.807) is 18.5 Å². The number of rotatable bonds is 13. The smallest absolute Gasteiger partial charge is 0.263 e. The lowest BCUT2D eigenvalue weighted by molar-refractivity contribution is -0.125. The molecule has 1 aromatic carbocycles. The molecule has 3 rings (SSSR count). The summed E-state index contributed by atoms with van der Waals surface area (Å²) in [6.45, 7) is 3.59. The van der Waals surface area contributed by atoms with Crippen LogP contribution in [0.3, 0.4) is 0 Å². The molecule has 4 N–H and O–H groups in total. The third kappa shape index (κ3) is 8.35. The van der Waals surface area contributed by atoms with E-state index in [0.29, 0.717) is 11.4 Å². The van der Waals surface area contributed by atoms with Gasteiger partial charge in [0, 0.05) is 23.2 Å². The first-order valence-electron chi connectivity index (χ1n) is 12.0. The van der Waals surface area contributed by atoms with Crippen molar-refractivity contribution < 1.29 is 28.6 Å². The Hall–Kier alpha value is -2.80. The molecule has 2 amide bonds. The third-order valence-corrected chi connectivity index (χ3v) is 7.51. The molecule has 0 spiro atoms. The lowest BCUT2D eigenvalue weighted by atomic mass is 10.0. The minimum atomic E-state index is -1.00. The Kier molecular flexibility index (Phi) is 10.6. The van der Waals surface area contributed by atoms with Crippen molar-refractivity contribution in [2.24, 2.45) is 0 Å². The first-order valence-corrected chi connectivity index (χ1v) is 13.7. The molecule has 3 aromatic rings. The van der Waals surface area contributed by atoms with E-state index in [2.05, 4.69) is 20.6 Å². The lowest BCUT2D eigenvalue weighted by Gasteiger charge is -2.26. The molecule has 2 unspecified atom stereocenters. The fraction of sp³-hybridized carbons (Fsp3) is 0.440. The highest BCUT2D eigenvalue weighted by Gasteiger charge is 2.29. The van der Waals surface area contributed by atoms with Gasteiger partial charge in [0.05, 0.1) is 18.3 Å². The molecule has 12 heteroatoms. The molecule has 0 aliphatic carbocycles. The zero-order chi connectivity index (χ0) is 26.9. The van der Waals surface area contributed by atoms with E-state index in [9.17, 15) is 28.6 Å². The number of aliphatic hydroxyl groups excluding tert-OH is 2. The topological polar surface area (TPSA) is 124 Å². The van der Waals surface area contributed by atoms with Crippen LogP contribution in [0.15, 0.2) is 36.0 Å². The van der Waals surface area contributed by atoms with Gasteiger partial charge >= 0.3 is 0 Å². The van der Waals surface area contributed by atoms with Gasteiger partial charge in [-0.2, -0.15) is 0 Å². The zero-order valence-electron chi connectivity index (χ0n) is 20.5. The third-order valence-electron chi connectivity index (χ3n) is 5.62. The summed E-state index contributed by atoms with van der Waals surface area (Å²) >= 11 is 2.22. The van der Waals surface area contributed by atoms with Crippen molar-refractivity contribution in [1.29, 1.82) is 0 Å². The van der Waals surface area contributed by atoms with E-state index in [0.717, 1.165) is 42.4 Å². The van der Waals surface area contributed by atoms with Gasteiger partial charge in [0.2, 0.25) is 5.91 Å². The number of nitrogens with zero attached hydrogens (tertiary/aromatic N) is 2. The molecule has 0 radical (unpaired) electrons. The second-order valence-electron chi connectivity index (χ2n) is 8.71. The summed E-state index contributed by atoms with van der Waals surface area (Å²) in [5.74, 6) is -2.60. The van der Waals surface area contributed by atoms with Crippen molar-refractivity contribution in [1.82, 2.24) is 20.6 Å². The molecule has 0 aliphatic heterocycles. The Morgan fingerprint density at radius 2 is 1.78 bits per heavy atom. The summed E-state index contributed by atoms with van der Waals surface area (Å²) in [6.07, 6.45) is 3.72. The minimum absolute atomic E-state index is 0.153. The number of carbonyl (C=O) groups is 2.